The second kappa shape index (κ2) is 9.42. The SMILES string of the molecule is COCCOc1ccccc1C(=O)NCc1ccc2c(c1)CNC2.Cl. The molecule has 0 radical (unpaired) electrons. The van der Waals surface area contributed by atoms with Crippen LogP contribution in [0.25, 0.3) is 0 Å². The van der Waals surface area contributed by atoms with E-state index in [2.05, 4.69) is 28.8 Å². The van der Waals surface area contributed by atoms with E-state index >= 15 is 0 Å². The Morgan fingerprint density at radius 3 is 2.76 bits per heavy atom. The van der Waals surface area contributed by atoms with Crippen LogP contribution in [0.4, 0.5) is 0 Å². The monoisotopic (exact) mass is 362 g/mol. The van der Waals surface area contributed by atoms with Gasteiger partial charge in [0.1, 0.15) is 12.4 Å². The zero-order valence-corrected chi connectivity index (χ0v) is 15.0. The van der Waals surface area contributed by atoms with Gasteiger partial charge in [-0.2, -0.15) is 0 Å². The number of nitrogens with one attached hydrogen (secondary N) is 2. The quantitative estimate of drug-likeness (QED) is 0.743. The summed E-state index contributed by atoms with van der Waals surface area (Å²) in [7, 11) is 1.62. The zero-order valence-electron chi connectivity index (χ0n) is 14.2. The predicted octanol–water partition coefficient (Wildman–Crippen LogP) is 2.67. The number of hydrogen-bond acceptors (Lipinski definition) is 4. The lowest BCUT2D eigenvalue weighted by Crippen LogP contribution is -2.23. The van der Waals surface area contributed by atoms with Gasteiger partial charge in [-0.25, -0.2) is 0 Å². The first kappa shape index (κ1) is 19.2. The van der Waals surface area contributed by atoms with Crippen LogP contribution in [0.5, 0.6) is 5.75 Å². The van der Waals surface area contributed by atoms with Crippen LogP contribution in [0.2, 0.25) is 0 Å². The molecule has 1 aliphatic heterocycles. The normalized spacial score (nSPS) is 12.2. The Kier molecular flexibility index (Phi) is 7.25. The van der Waals surface area contributed by atoms with Gasteiger partial charge in [0, 0.05) is 26.7 Å². The maximum absolute atomic E-state index is 12.5. The van der Waals surface area contributed by atoms with Crippen molar-refractivity contribution in [3.05, 3.63) is 64.7 Å². The van der Waals surface area contributed by atoms with Gasteiger partial charge in [-0.05, 0) is 28.8 Å². The molecule has 1 heterocycles. The van der Waals surface area contributed by atoms with E-state index in [4.69, 9.17) is 9.47 Å². The van der Waals surface area contributed by atoms with Crippen molar-refractivity contribution in [2.75, 3.05) is 20.3 Å². The van der Waals surface area contributed by atoms with Gasteiger partial charge in [0.15, 0.2) is 0 Å². The van der Waals surface area contributed by atoms with Gasteiger partial charge in [-0.1, -0.05) is 30.3 Å². The predicted molar refractivity (Wildman–Crippen MR) is 99.2 cm³/mol. The van der Waals surface area contributed by atoms with E-state index in [0.717, 1.165) is 18.7 Å². The molecule has 0 saturated carbocycles. The number of fused-ring (bicyclic) bond motifs is 1. The minimum atomic E-state index is -0.137. The second-order valence-electron chi connectivity index (χ2n) is 5.73. The Bertz CT molecular complexity index is 722. The number of halogens is 1. The number of amides is 1. The lowest BCUT2D eigenvalue weighted by Gasteiger charge is -2.12. The summed E-state index contributed by atoms with van der Waals surface area (Å²) in [5.41, 5.74) is 4.28. The molecule has 5 nitrogen and oxygen atoms in total. The summed E-state index contributed by atoms with van der Waals surface area (Å²) in [6, 6.07) is 13.6. The number of carbonyl (C=O) groups is 1. The lowest BCUT2D eigenvalue weighted by molar-refractivity contribution is 0.0943. The topological polar surface area (TPSA) is 59.6 Å². The largest absolute Gasteiger partial charge is 0.490 e. The summed E-state index contributed by atoms with van der Waals surface area (Å²) < 4.78 is 10.6. The van der Waals surface area contributed by atoms with E-state index in [1.54, 1.807) is 19.2 Å². The van der Waals surface area contributed by atoms with E-state index in [0.29, 0.717) is 31.1 Å². The molecule has 25 heavy (non-hydrogen) atoms. The number of hydrogen-bond donors (Lipinski definition) is 2. The Hall–Kier alpha value is -2.08. The Morgan fingerprint density at radius 2 is 1.92 bits per heavy atom. The zero-order chi connectivity index (χ0) is 16.8. The van der Waals surface area contributed by atoms with Crippen molar-refractivity contribution in [1.29, 1.82) is 0 Å². The highest BCUT2D eigenvalue weighted by Crippen LogP contribution is 2.19. The summed E-state index contributed by atoms with van der Waals surface area (Å²) in [5.74, 6) is 0.437. The summed E-state index contributed by atoms with van der Waals surface area (Å²) in [6.07, 6.45) is 0. The molecule has 134 valence electrons. The standard InChI is InChI=1S/C19H22N2O3.ClH/c1-23-8-9-24-18-5-3-2-4-17(18)19(22)21-11-14-6-7-15-12-20-13-16(15)10-14;/h2-7,10,20H,8-9,11-13H2,1H3,(H,21,22);1H. The average molecular weight is 363 g/mol. The van der Waals surface area contributed by atoms with Gasteiger partial charge < -0.3 is 20.1 Å². The van der Waals surface area contributed by atoms with Crippen molar-refractivity contribution in [3.8, 4) is 5.75 Å². The highest BCUT2D eigenvalue weighted by molar-refractivity contribution is 5.96. The summed E-state index contributed by atoms with van der Waals surface area (Å²) in [4.78, 5) is 12.5. The van der Waals surface area contributed by atoms with E-state index in [-0.39, 0.29) is 18.3 Å². The fourth-order valence-corrected chi connectivity index (χ4v) is 2.75. The number of para-hydroxylation sites is 1. The maximum atomic E-state index is 12.5. The molecule has 0 unspecified atom stereocenters. The highest BCUT2D eigenvalue weighted by Gasteiger charge is 2.13. The van der Waals surface area contributed by atoms with Crippen LogP contribution < -0.4 is 15.4 Å². The van der Waals surface area contributed by atoms with Crippen LogP contribution in [0.3, 0.4) is 0 Å². The molecule has 1 aliphatic rings. The fraction of sp³-hybridized carbons (Fsp3) is 0.316. The van der Waals surface area contributed by atoms with Crippen LogP contribution in [0, 0.1) is 0 Å². The number of methoxy groups -OCH3 is 1. The molecule has 0 fully saturated rings. The minimum Gasteiger partial charge on any atom is -0.490 e. The fourth-order valence-electron chi connectivity index (χ4n) is 2.75. The molecule has 3 rings (SSSR count). The molecule has 0 atom stereocenters. The first-order valence-corrected chi connectivity index (χ1v) is 8.08. The van der Waals surface area contributed by atoms with Crippen molar-refractivity contribution in [2.24, 2.45) is 0 Å². The first-order chi connectivity index (χ1) is 11.8. The Balaban J connectivity index is 0.00000225. The molecular formula is C19H23ClN2O3. The highest BCUT2D eigenvalue weighted by atomic mass is 35.5. The molecule has 2 N–H and O–H groups in total. The first-order valence-electron chi connectivity index (χ1n) is 8.08. The molecule has 6 heteroatoms. The van der Waals surface area contributed by atoms with Gasteiger partial charge in [0.25, 0.3) is 5.91 Å². The minimum absolute atomic E-state index is 0. The van der Waals surface area contributed by atoms with Gasteiger partial charge in [-0.3, -0.25) is 4.79 Å². The van der Waals surface area contributed by atoms with E-state index in [1.165, 1.54) is 11.1 Å². The Labute approximate surface area is 154 Å². The van der Waals surface area contributed by atoms with Crippen molar-refractivity contribution < 1.29 is 14.3 Å². The third-order valence-corrected chi connectivity index (χ3v) is 4.03. The number of benzene rings is 2. The number of carbonyl (C=O) groups excluding carboxylic acids is 1. The molecule has 0 aromatic heterocycles. The van der Waals surface area contributed by atoms with Crippen LogP contribution in [-0.2, 0) is 24.4 Å². The molecule has 1 amide bonds. The molecular weight excluding hydrogens is 340 g/mol. The van der Waals surface area contributed by atoms with Gasteiger partial charge in [0.05, 0.1) is 12.2 Å². The molecule has 0 aliphatic carbocycles. The molecule has 0 saturated heterocycles. The van der Waals surface area contributed by atoms with Crippen molar-refractivity contribution >= 4 is 18.3 Å². The average Bonchev–Trinajstić information content (AvgIpc) is 3.08. The van der Waals surface area contributed by atoms with E-state index in [9.17, 15) is 4.79 Å². The second-order valence-corrected chi connectivity index (χ2v) is 5.73. The smallest absolute Gasteiger partial charge is 0.255 e. The molecule has 2 aromatic carbocycles. The summed E-state index contributed by atoms with van der Waals surface area (Å²) in [6.45, 7) is 3.22. The van der Waals surface area contributed by atoms with Crippen LogP contribution in [0.15, 0.2) is 42.5 Å². The lowest BCUT2D eigenvalue weighted by atomic mass is 10.1. The number of ether oxygens (including phenoxy) is 2. The van der Waals surface area contributed by atoms with Crippen LogP contribution >= 0.6 is 12.4 Å². The van der Waals surface area contributed by atoms with Gasteiger partial charge in [0.2, 0.25) is 0 Å². The summed E-state index contributed by atoms with van der Waals surface area (Å²) in [5, 5.41) is 6.29. The van der Waals surface area contributed by atoms with Crippen LogP contribution in [-0.4, -0.2) is 26.2 Å². The van der Waals surface area contributed by atoms with Crippen molar-refractivity contribution in [3.63, 3.8) is 0 Å². The van der Waals surface area contributed by atoms with E-state index in [1.807, 2.05) is 12.1 Å². The third-order valence-electron chi connectivity index (χ3n) is 4.03. The van der Waals surface area contributed by atoms with Crippen molar-refractivity contribution in [2.45, 2.75) is 19.6 Å². The van der Waals surface area contributed by atoms with Crippen LogP contribution in [0.1, 0.15) is 27.0 Å². The van der Waals surface area contributed by atoms with Crippen molar-refractivity contribution in [1.82, 2.24) is 10.6 Å². The molecule has 0 spiro atoms. The summed E-state index contributed by atoms with van der Waals surface area (Å²) >= 11 is 0. The van der Waals surface area contributed by atoms with Gasteiger partial charge >= 0.3 is 0 Å². The molecule has 2 aromatic rings. The number of rotatable bonds is 7. The van der Waals surface area contributed by atoms with Gasteiger partial charge in [-0.15, -0.1) is 12.4 Å². The molecule has 0 bridgehead atoms. The maximum Gasteiger partial charge on any atom is 0.255 e. The Morgan fingerprint density at radius 1 is 1.12 bits per heavy atom. The van der Waals surface area contributed by atoms with E-state index < -0.39 is 0 Å². The third kappa shape index (κ3) is 4.95.